The van der Waals surface area contributed by atoms with Crippen LogP contribution < -0.4 is 0 Å². The second-order valence-electron chi connectivity index (χ2n) is 14.6. The minimum absolute atomic E-state index is 0.607. The van der Waals surface area contributed by atoms with Gasteiger partial charge in [-0.1, -0.05) is 127 Å². The highest BCUT2D eigenvalue weighted by molar-refractivity contribution is 7.27. The Morgan fingerprint density at radius 3 is 1.35 bits per heavy atom. The first kappa shape index (κ1) is 31.2. The van der Waals surface area contributed by atoms with Gasteiger partial charge in [-0.3, -0.25) is 0 Å². The number of hydrogen-bond donors (Lipinski definition) is 0. The van der Waals surface area contributed by atoms with Crippen molar-refractivity contribution in [1.82, 2.24) is 15.0 Å². The molecule has 0 fully saturated rings. The van der Waals surface area contributed by atoms with Gasteiger partial charge in [0.25, 0.3) is 0 Å². The summed E-state index contributed by atoms with van der Waals surface area (Å²) < 4.78 is 11.5. The molecule has 264 valence electrons. The van der Waals surface area contributed by atoms with Crippen LogP contribution in [0.2, 0.25) is 0 Å². The van der Waals surface area contributed by atoms with Crippen LogP contribution in [0.1, 0.15) is 0 Å². The molecular formula is C51H27N3OS2. The van der Waals surface area contributed by atoms with Gasteiger partial charge in [-0.2, -0.15) is 0 Å². The number of hydrogen-bond acceptors (Lipinski definition) is 6. The molecule has 4 heterocycles. The van der Waals surface area contributed by atoms with E-state index in [0.717, 1.165) is 60.2 Å². The molecule has 0 aliphatic heterocycles. The predicted molar refractivity (Wildman–Crippen MR) is 242 cm³/mol. The number of para-hydroxylation sites is 1. The smallest absolute Gasteiger partial charge is 0.164 e. The van der Waals surface area contributed by atoms with Crippen molar-refractivity contribution >= 4 is 117 Å². The van der Waals surface area contributed by atoms with Crippen molar-refractivity contribution in [3.8, 4) is 34.2 Å². The molecule has 0 spiro atoms. The van der Waals surface area contributed by atoms with Gasteiger partial charge in [-0.25, -0.2) is 15.0 Å². The van der Waals surface area contributed by atoms with Crippen molar-refractivity contribution in [2.75, 3.05) is 0 Å². The quantitative estimate of drug-likeness (QED) is 0.180. The lowest BCUT2D eigenvalue weighted by molar-refractivity contribution is 0.669. The number of aromatic nitrogens is 3. The van der Waals surface area contributed by atoms with Crippen molar-refractivity contribution in [2.24, 2.45) is 0 Å². The summed E-state index contributed by atoms with van der Waals surface area (Å²) in [6, 6.07) is 58.2. The Morgan fingerprint density at radius 1 is 0.333 bits per heavy atom. The Bertz CT molecular complexity index is 3660. The highest BCUT2D eigenvalue weighted by atomic mass is 32.1. The van der Waals surface area contributed by atoms with Crippen LogP contribution in [-0.4, -0.2) is 15.0 Å². The monoisotopic (exact) mass is 761 g/mol. The van der Waals surface area contributed by atoms with Crippen LogP contribution in [-0.2, 0) is 0 Å². The van der Waals surface area contributed by atoms with Gasteiger partial charge in [0.1, 0.15) is 11.2 Å². The van der Waals surface area contributed by atoms with Crippen LogP contribution in [0.25, 0.3) is 129 Å². The first-order valence-electron chi connectivity index (χ1n) is 19.0. The van der Waals surface area contributed by atoms with Crippen LogP contribution in [0.15, 0.2) is 168 Å². The van der Waals surface area contributed by atoms with Crippen LogP contribution in [0.5, 0.6) is 0 Å². The fourth-order valence-corrected chi connectivity index (χ4v) is 11.5. The van der Waals surface area contributed by atoms with Gasteiger partial charge in [-0.15, -0.1) is 22.7 Å². The lowest BCUT2D eigenvalue weighted by atomic mass is 9.97. The number of rotatable bonds is 3. The molecule has 0 atom stereocenters. The molecule has 0 N–H and O–H groups in total. The third-order valence-corrected chi connectivity index (χ3v) is 13.9. The van der Waals surface area contributed by atoms with E-state index in [2.05, 4.69) is 152 Å². The normalized spacial score (nSPS) is 12.2. The van der Waals surface area contributed by atoms with E-state index < -0.39 is 0 Å². The minimum atomic E-state index is 0.607. The zero-order valence-electron chi connectivity index (χ0n) is 30.2. The highest BCUT2D eigenvalue weighted by Gasteiger charge is 2.24. The zero-order chi connectivity index (χ0) is 37.2. The number of fused-ring (bicyclic) bond motifs is 15. The van der Waals surface area contributed by atoms with Crippen LogP contribution >= 0.6 is 22.7 Å². The largest absolute Gasteiger partial charge is 0.456 e. The third kappa shape index (κ3) is 4.51. The van der Waals surface area contributed by atoms with Gasteiger partial charge in [0.2, 0.25) is 0 Å². The van der Waals surface area contributed by atoms with E-state index in [1.54, 1.807) is 0 Å². The summed E-state index contributed by atoms with van der Waals surface area (Å²) in [5.41, 5.74) is 4.56. The average molecular weight is 762 g/mol. The topological polar surface area (TPSA) is 51.8 Å². The molecule has 6 heteroatoms. The lowest BCUT2D eigenvalue weighted by Gasteiger charge is -2.14. The molecule has 0 unspecified atom stereocenters. The summed E-state index contributed by atoms with van der Waals surface area (Å²) in [5, 5.41) is 13.9. The van der Waals surface area contributed by atoms with E-state index in [1.807, 2.05) is 34.8 Å². The molecule has 0 aliphatic rings. The Morgan fingerprint density at radius 2 is 0.772 bits per heavy atom. The molecule has 0 aliphatic carbocycles. The second-order valence-corrected chi connectivity index (χ2v) is 16.7. The Balaban J connectivity index is 1.20. The average Bonchev–Trinajstić information content (AvgIpc) is 3.98. The van der Waals surface area contributed by atoms with Crippen molar-refractivity contribution < 1.29 is 4.42 Å². The standard InChI is InChI=1S/C51H27N3OS2/c1-3-15-30-28(13-1)25-38(45-35-20-8-11-23-42(35)56-47(30)45)50-52-49(37-27-41-44(33-18-6-5-17-32(33)37)34-19-7-10-22-40(34)55-41)53-51(54-50)39-26-29-14-2-4-16-31(29)48-46(39)36-21-9-12-24-43(36)57-48/h1-27H. The van der Waals surface area contributed by atoms with E-state index in [0.29, 0.717) is 17.5 Å². The molecule has 0 radical (unpaired) electrons. The van der Waals surface area contributed by atoms with Gasteiger partial charge < -0.3 is 4.42 Å². The van der Waals surface area contributed by atoms with E-state index in [1.165, 1.54) is 51.1 Å². The summed E-state index contributed by atoms with van der Waals surface area (Å²) in [6.07, 6.45) is 0. The Labute approximate surface area is 332 Å². The molecule has 4 aromatic heterocycles. The summed E-state index contributed by atoms with van der Waals surface area (Å²) in [6.45, 7) is 0. The maximum atomic E-state index is 6.57. The molecule has 4 nitrogen and oxygen atoms in total. The van der Waals surface area contributed by atoms with Crippen molar-refractivity contribution in [3.05, 3.63) is 164 Å². The lowest BCUT2D eigenvalue weighted by Crippen LogP contribution is -2.01. The van der Waals surface area contributed by atoms with Crippen LogP contribution in [0.3, 0.4) is 0 Å². The van der Waals surface area contributed by atoms with Gasteiger partial charge >= 0.3 is 0 Å². The maximum absolute atomic E-state index is 6.57. The second kappa shape index (κ2) is 11.8. The van der Waals surface area contributed by atoms with E-state index in [-0.39, 0.29) is 0 Å². The van der Waals surface area contributed by atoms with Crippen molar-refractivity contribution in [3.63, 3.8) is 0 Å². The van der Waals surface area contributed by atoms with Gasteiger partial charge in [-0.05, 0) is 68.7 Å². The number of furan rings is 1. The molecule has 0 saturated heterocycles. The molecular weight excluding hydrogens is 735 g/mol. The molecule has 0 bridgehead atoms. The zero-order valence-corrected chi connectivity index (χ0v) is 31.8. The summed E-state index contributed by atoms with van der Waals surface area (Å²) in [5.74, 6) is 1.89. The van der Waals surface area contributed by atoms with E-state index in [4.69, 9.17) is 19.4 Å². The molecule has 13 rings (SSSR count). The van der Waals surface area contributed by atoms with Gasteiger partial charge in [0.15, 0.2) is 17.5 Å². The molecule has 57 heavy (non-hydrogen) atoms. The maximum Gasteiger partial charge on any atom is 0.164 e. The molecule has 0 saturated carbocycles. The van der Waals surface area contributed by atoms with Crippen LogP contribution in [0, 0.1) is 0 Å². The minimum Gasteiger partial charge on any atom is -0.456 e. The van der Waals surface area contributed by atoms with Gasteiger partial charge in [0.05, 0.1) is 0 Å². The fraction of sp³-hybridized carbons (Fsp3) is 0. The van der Waals surface area contributed by atoms with Crippen molar-refractivity contribution in [1.29, 1.82) is 0 Å². The summed E-state index contributed by atoms with van der Waals surface area (Å²) >= 11 is 3.66. The van der Waals surface area contributed by atoms with Crippen molar-refractivity contribution in [2.45, 2.75) is 0 Å². The third-order valence-electron chi connectivity index (χ3n) is 11.5. The van der Waals surface area contributed by atoms with E-state index in [9.17, 15) is 0 Å². The molecule has 0 amide bonds. The SMILES string of the molecule is c1ccc2c(c1)cc(-c1nc(-c3cc4oc5ccccc5c4c4ccccc34)nc(-c3cc4ccccc4c4sc5ccccc5c34)n1)c1c3ccccc3sc21. The predicted octanol–water partition coefficient (Wildman–Crippen LogP) is 15.0. The van der Waals surface area contributed by atoms with E-state index >= 15 is 0 Å². The van der Waals surface area contributed by atoms with Crippen LogP contribution in [0.4, 0.5) is 0 Å². The first-order valence-corrected chi connectivity index (χ1v) is 20.6. The molecule has 13 aromatic rings. The molecule has 9 aromatic carbocycles. The number of benzene rings is 9. The van der Waals surface area contributed by atoms with Gasteiger partial charge in [0, 0.05) is 67.8 Å². The first-order chi connectivity index (χ1) is 28.2. The highest BCUT2D eigenvalue weighted by Crippen LogP contribution is 2.47. The Hall–Kier alpha value is -6.99. The fourth-order valence-electron chi connectivity index (χ4n) is 8.98. The summed E-state index contributed by atoms with van der Waals surface area (Å²) in [4.78, 5) is 16.5. The number of nitrogens with zero attached hydrogens (tertiary/aromatic N) is 3. The Kier molecular flexibility index (Phi) is 6.45. The summed E-state index contributed by atoms with van der Waals surface area (Å²) in [7, 11) is 0. The number of thiophene rings is 2.